The summed E-state index contributed by atoms with van der Waals surface area (Å²) in [6.07, 6.45) is 5.13. The van der Waals surface area contributed by atoms with Gasteiger partial charge >= 0.3 is 0 Å². The van der Waals surface area contributed by atoms with Crippen molar-refractivity contribution >= 4 is 29.5 Å². The van der Waals surface area contributed by atoms with Crippen molar-refractivity contribution in [2.45, 2.75) is 49.3 Å². The number of nitrogens with one attached hydrogen (secondary N) is 2. The van der Waals surface area contributed by atoms with Crippen molar-refractivity contribution in [3.05, 3.63) is 41.8 Å². The van der Waals surface area contributed by atoms with Crippen LogP contribution in [0.15, 0.2) is 40.0 Å². The molecule has 0 radical (unpaired) electrons. The van der Waals surface area contributed by atoms with Crippen molar-refractivity contribution in [2.75, 3.05) is 20.0 Å². The maximum atomic E-state index is 13.0. The number of thioether (sulfide) groups is 1. The lowest BCUT2D eigenvalue weighted by molar-refractivity contribution is -0.135. The van der Waals surface area contributed by atoms with Crippen LogP contribution in [-0.4, -0.2) is 53.9 Å². The molecule has 1 aliphatic rings. The summed E-state index contributed by atoms with van der Waals surface area (Å²) in [4.78, 5) is 38.6. The summed E-state index contributed by atoms with van der Waals surface area (Å²) in [6.45, 7) is 0.294. The van der Waals surface area contributed by atoms with Gasteiger partial charge in [0.2, 0.25) is 17.7 Å². The Morgan fingerprint density at radius 2 is 1.94 bits per heavy atom. The Labute approximate surface area is 191 Å². The van der Waals surface area contributed by atoms with Gasteiger partial charge in [0, 0.05) is 25.3 Å². The van der Waals surface area contributed by atoms with Crippen LogP contribution < -0.4 is 10.6 Å². The Bertz CT molecular complexity index is 920. The number of carbonyl (C=O) groups excluding carboxylic acids is 3. The fourth-order valence-electron chi connectivity index (χ4n) is 3.81. The van der Waals surface area contributed by atoms with E-state index in [-0.39, 0.29) is 17.8 Å². The van der Waals surface area contributed by atoms with Crippen molar-refractivity contribution in [1.29, 1.82) is 0 Å². The van der Waals surface area contributed by atoms with Crippen LogP contribution in [0.25, 0.3) is 0 Å². The van der Waals surface area contributed by atoms with Crippen LogP contribution in [0.5, 0.6) is 0 Å². The summed E-state index contributed by atoms with van der Waals surface area (Å²) in [5.74, 6) is -2.28. The van der Waals surface area contributed by atoms with Crippen LogP contribution in [0.4, 0.5) is 0 Å². The highest BCUT2D eigenvalue weighted by Crippen LogP contribution is 2.26. The molecule has 1 fully saturated rings. The molecule has 0 unspecified atom stereocenters. The molecule has 1 aliphatic carbocycles. The normalized spacial score (nSPS) is 19.2. The van der Waals surface area contributed by atoms with E-state index in [9.17, 15) is 14.4 Å². The third-order valence-electron chi connectivity index (χ3n) is 5.52. The van der Waals surface area contributed by atoms with E-state index in [0.717, 1.165) is 12.8 Å². The quantitative estimate of drug-likeness (QED) is 0.547. The highest BCUT2D eigenvalue weighted by atomic mass is 32.2. The molecule has 3 amide bonds. The van der Waals surface area contributed by atoms with Crippen LogP contribution in [0, 0.1) is 5.92 Å². The largest absolute Gasteiger partial charge is 0.415 e. The average molecular weight is 461 g/mol. The number of ether oxygens (including phenoxy) is 1. The van der Waals surface area contributed by atoms with Gasteiger partial charge in [-0.3, -0.25) is 19.7 Å². The number of amides is 3. The monoisotopic (exact) mass is 460 g/mol. The van der Waals surface area contributed by atoms with Crippen LogP contribution in [0.3, 0.4) is 0 Å². The number of carbonyl (C=O) groups is 3. The van der Waals surface area contributed by atoms with Crippen LogP contribution >= 0.6 is 11.8 Å². The van der Waals surface area contributed by atoms with Crippen molar-refractivity contribution in [3.8, 4) is 0 Å². The van der Waals surface area contributed by atoms with Gasteiger partial charge in [-0.1, -0.05) is 42.8 Å². The van der Waals surface area contributed by atoms with Crippen LogP contribution in [-0.2, 0) is 14.3 Å². The van der Waals surface area contributed by atoms with Gasteiger partial charge in [0.1, 0.15) is 5.92 Å². The molecule has 1 aromatic carbocycles. The number of hydrogen-bond acceptors (Lipinski definition) is 8. The first kappa shape index (κ1) is 23.9. The molecule has 9 nitrogen and oxygen atoms in total. The van der Waals surface area contributed by atoms with Gasteiger partial charge in [0.05, 0.1) is 5.92 Å². The molecule has 2 aromatic rings. The van der Waals surface area contributed by atoms with Crippen LogP contribution in [0.1, 0.15) is 54.3 Å². The minimum absolute atomic E-state index is 0.147. The highest BCUT2D eigenvalue weighted by molar-refractivity contribution is 7.98. The lowest BCUT2D eigenvalue weighted by atomic mass is 9.83. The maximum absolute atomic E-state index is 13.0. The maximum Gasteiger partial charge on any atom is 0.276 e. The zero-order valence-corrected chi connectivity index (χ0v) is 19.0. The third-order valence-corrected chi connectivity index (χ3v) is 6.04. The molecule has 1 aromatic heterocycles. The van der Waals surface area contributed by atoms with Gasteiger partial charge in [-0.05, 0) is 37.7 Å². The molecule has 10 heteroatoms. The lowest BCUT2D eigenvalue weighted by Crippen LogP contribution is -2.50. The summed E-state index contributed by atoms with van der Waals surface area (Å²) in [7, 11) is 1.53. The van der Waals surface area contributed by atoms with Gasteiger partial charge in [0.25, 0.3) is 11.1 Å². The molecule has 1 saturated carbocycles. The number of aromatic nitrogens is 2. The summed E-state index contributed by atoms with van der Waals surface area (Å²) in [5, 5.41) is 13.7. The number of nitrogens with zero attached hydrogens (tertiary/aromatic N) is 2. The minimum atomic E-state index is -0.798. The molecule has 0 aliphatic heterocycles. The summed E-state index contributed by atoms with van der Waals surface area (Å²) < 4.78 is 10.6. The van der Waals surface area contributed by atoms with E-state index in [1.165, 1.54) is 18.9 Å². The molecule has 0 spiro atoms. The number of rotatable bonds is 9. The Balaban J connectivity index is 1.67. The third kappa shape index (κ3) is 6.17. The highest BCUT2D eigenvalue weighted by Gasteiger charge is 2.35. The predicted molar refractivity (Wildman–Crippen MR) is 118 cm³/mol. The zero-order chi connectivity index (χ0) is 22.9. The molecule has 172 valence electrons. The van der Waals surface area contributed by atoms with E-state index < -0.39 is 23.7 Å². The molecule has 3 atom stereocenters. The Morgan fingerprint density at radius 1 is 1.19 bits per heavy atom. The molecule has 32 heavy (non-hydrogen) atoms. The number of benzene rings is 1. The standard InChI is InChI=1S/C22H28N4O5S/c1-30-13-12-16(21-25-26-22(31-21)32-2)20(29)24-19(28)15-10-6-7-11-17(15)23-18(27)14-8-4-3-5-9-14/h3-5,8-9,15-17H,6-7,10-13H2,1-2H3,(H,23,27)(H,24,28,29)/t15-,16-,17+/m1/s1. The molecular weight excluding hydrogens is 432 g/mol. The van der Waals surface area contributed by atoms with Gasteiger partial charge in [-0.25, -0.2) is 0 Å². The Kier molecular flexibility index (Phi) is 8.81. The van der Waals surface area contributed by atoms with E-state index in [4.69, 9.17) is 9.15 Å². The van der Waals surface area contributed by atoms with Crippen molar-refractivity contribution in [2.24, 2.45) is 5.92 Å². The van der Waals surface area contributed by atoms with Gasteiger partial charge in [-0.15, -0.1) is 10.2 Å². The summed E-state index contributed by atoms with van der Waals surface area (Å²) in [6, 6.07) is 8.53. The molecule has 3 rings (SSSR count). The summed E-state index contributed by atoms with van der Waals surface area (Å²) >= 11 is 1.27. The first-order valence-electron chi connectivity index (χ1n) is 10.6. The molecule has 0 saturated heterocycles. The SMILES string of the molecule is COCC[C@H](C(=O)NC(=O)[C@@H]1CCCC[C@@H]1NC(=O)c1ccccc1)c1nnc(SC)o1. The van der Waals surface area contributed by atoms with Gasteiger partial charge in [-0.2, -0.15) is 0 Å². The second-order valence-corrected chi connectivity index (χ2v) is 8.39. The molecule has 2 N–H and O–H groups in total. The average Bonchev–Trinajstić information content (AvgIpc) is 3.29. The van der Waals surface area contributed by atoms with E-state index in [1.54, 1.807) is 30.5 Å². The molecule has 1 heterocycles. The van der Waals surface area contributed by atoms with Crippen molar-refractivity contribution < 1.29 is 23.5 Å². The van der Waals surface area contributed by atoms with E-state index >= 15 is 0 Å². The zero-order valence-electron chi connectivity index (χ0n) is 18.2. The van der Waals surface area contributed by atoms with Gasteiger partial charge < -0.3 is 14.5 Å². The second-order valence-electron chi connectivity index (χ2n) is 7.63. The topological polar surface area (TPSA) is 123 Å². The summed E-state index contributed by atoms with van der Waals surface area (Å²) in [5.41, 5.74) is 0.536. The Morgan fingerprint density at radius 3 is 2.62 bits per heavy atom. The Hall–Kier alpha value is -2.72. The minimum Gasteiger partial charge on any atom is -0.415 e. The van der Waals surface area contributed by atoms with Crippen LogP contribution in [0.2, 0.25) is 0 Å². The number of hydrogen-bond donors (Lipinski definition) is 2. The lowest BCUT2D eigenvalue weighted by Gasteiger charge is -2.31. The van der Waals surface area contributed by atoms with E-state index in [1.807, 2.05) is 6.07 Å². The van der Waals surface area contributed by atoms with E-state index in [0.29, 0.717) is 36.7 Å². The first-order valence-corrected chi connectivity index (χ1v) is 11.8. The first-order chi connectivity index (χ1) is 15.5. The smallest absolute Gasteiger partial charge is 0.276 e. The molecule has 0 bridgehead atoms. The fraction of sp³-hybridized carbons (Fsp3) is 0.500. The molecular formula is C22H28N4O5S. The fourth-order valence-corrected chi connectivity index (χ4v) is 4.10. The van der Waals surface area contributed by atoms with Crippen molar-refractivity contribution in [3.63, 3.8) is 0 Å². The number of imide groups is 1. The van der Waals surface area contributed by atoms with Crippen molar-refractivity contribution in [1.82, 2.24) is 20.8 Å². The number of methoxy groups -OCH3 is 1. The predicted octanol–water partition coefficient (Wildman–Crippen LogP) is 2.54. The second kappa shape index (κ2) is 11.8. The van der Waals surface area contributed by atoms with Gasteiger partial charge in [0.15, 0.2) is 0 Å². The van der Waals surface area contributed by atoms with E-state index in [2.05, 4.69) is 20.8 Å².